The van der Waals surface area contributed by atoms with E-state index in [1.807, 2.05) is 0 Å². The lowest BCUT2D eigenvalue weighted by molar-refractivity contribution is -0.130. The predicted octanol–water partition coefficient (Wildman–Crippen LogP) is 4.55. The molecule has 0 saturated heterocycles. The first-order valence-corrected chi connectivity index (χ1v) is 5.39. The Balaban J connectivity index is 3.04. The molecule has 1 unspecified atom stereocenters. The molecule has 0 saturated carbocycles. The van der Waals surface area contributed by atoms with Gasteiger partial charge >= 0.3 is 12.3 Å². The molecule has 1 atom stereocenters. The fraction of sp³-hybridized carbons (Fsp3) is 0.556. The van der Waals surface area contributed by atoms with E-state index >= 15 is 0 Å². The number of aryl methyl sites for hydroxylation is 2. The van der Waals surface area contributed by atoms with Gasteiger partial charge in [0, 0.05) is 9.75 Å². The molecule has 0 amide bonds. The molecule has 0 fully saturated rings. The van der Waals surface area contributed by atoms with Crippen LogP contribution in [0.1, 0.15) is 20.7 Å². The molecule has 0 aliphatic carbocycles. The van der Waals surface area contributed by atoms with Gasteiger partial charge in [0.05, 0.1) is 0 Å². The van der Waals surface area contributed by atoms with E-state index < -0.39 is 17.7 Å². The van der Waals surface area contributed by atoms with Crippen LogP contribution in [0.4, 0.5) is 17.6 Å². The van der Waals surface area contributed by atoms with Crippen molar-refractivity contribution in [1.29, 1.82) is 0 Å². The summed E-state index contributed by atoms with van der Waals surface area (Å²) in [6, 6.07) is 1.65. The monoisotopic (exact) mass is 260 g/mol. The summed E-state index contributed by atoms with van der Waals surface area (Å²) in [5.74, 6) is -4.19. The molecule has 0 spiro atoms. The number of alkyl halides is 5. The zero-order valence-corrected chi connectivity index (χ0v) is 9.60. The van der Waals surface area contributed by atoms with E-state index in [2.05, 4.69) is 0 Å². The average molecular weight is 261 g/mol. The van der Waals surface area contributed by atoms with Gasteiger partial charge in [-0.2, -0.15) is 8.78 Å². The van der Waals surface area contributed by atoms with Crippen LogP contribution in [-0.2, 0) is 0 Å². The molecule has 86 valence electrons. The maximum atomic E-state index is 12.9. The number of thiophene rings is 1. The van der Waals surface area contributed by atoms with Crippen molar-refractivity contribution >= 4 is 22.9 Å². The minimum atomic E-state index is -4.19. The van der Waals surface area contributed by atoms with E-state index in [1.165, 1.54) is 0 Å². The maximum Gasteiger partial charge on any atom is 0.328 e. The van der Waals surface area contributed by atoms with Gasteiger partial charge in [0.15, 0.2) is 0 Å². The average Bonchev–Trinajstić information content (AvgIpc) is 2.43. The number of halogens is 5. The third-order valence-electron chi connectivity index (χ3n) is 1.94. The van der Waals surface area contributed by atoms with Crippen LogP contribution in [0.3, 0.4) is 0 Å². The molecular formula is C9H9ClF4S. The summed E-state index contributed by atoms with van der Waals surface area (Å²) in [5, 5.41) is -1.96. The molecule has 1 aromatic heterocycles. The van der Waals surface area contributed by atoms with Gasteiger partial charge in [-0.1, -0.05) is 0 Å². The van der Waals surface area contributed by atoms with E-state index in [9.17, 15) is 17.6 Å². The molecule has 1 aromatic rings. The lowest BCUT2D eigenvalue weighted by Crippen LogP contribution is -2.31. The zero-order chi connectivity index (χ0) is 11.8. The van der Waals surface area contributed by atoms with Gasteiger partial charge in [-0.15, -0.1) is 22.9 Å². The summed E-state index contributed by atoms with van der Waals surface area (Å²) < 4.78 is 50.0. The predicted molar refractivity (Wildman–Crippen MR) is 53.3 cm³/mol. The lowest BCUT2D eigenvalue weighted by Gasteiger charge is -2.20. The Morgan fingerprint density at radius 2 is 1.87 bits per heavy atom. The molecule has 6 heteroatoms. The largest absolute Gasteiger partial charge is 0.328 e. The Hall–Kier alpha value is -0.290. The minimum Gasteiger partial charge on any atom is -0.204 e. The van der Waals surface area contributed by atoms with E-state index in [0.717, 1.165) is 16.2 Å². The fourth-order valence-electron chi connectivity index (χ4n) is 1.20. The summed E-state index contributed by atoms with van der Waals surface area (Å²) >= 11 is 6.41. The van der Waals surface area contributed by atoms with Crippen molar-refractivity contribution in [2.45, 2.75) is 31.6 Å². The molecule has 15 heavy (non-hydrogen) atoms. The molecule has 0 aliphatic rings. The first kappa shape index (κ1) is 12.8. The van der Waals surface area contributed by atoms with Crippen molar-refractivity contribution in [2.24, 2.45) is 0 Å². The SMILES string of the molecule is Cc1cc(C)c(C(Cl)C(F)(F)C(F)F)s1. The third-order valence-corrected chi connectivity index (χ3v) is 3.79. The quantitative estimate of drug-likeness (QED) is 0.553. The highest BCUT2D eigenvalue weighted by atomic mass is 35.5. The Labute approximate surface area is 93.9 Å². The minimum absolute atomic E-state index is 0.111. The van der Waals surface area contributed by atoms with E-state index in [4.69, 9.17) is 11.6 Å². The molecule has 0 N–H and O–H groups in total. The molecule has 0 radical (unpaired) electrons. The first-order chi connectivity index (χ1) is 6.76. The lowest BCUT2D eigenvalue weighted by atomic mass is 10.1. The van der Waals surface area contributed by atoms with Crippen LogP contribution in [0, 0.1) is 13.8 Å². The van der Waals surface area contributed by atoms with Crippen LogP contribution in [-0.4, -0.2) is 12.3 Å². The van der Waals surface area contributed by atoms with Gasteiger partial charge in [0.25, 0.3) is 0 Å². The summed E-state index contributed by atoms with van der Waals surface area (Å²) in [6.07, 6.45) is -3.75. The number of rotatable bonds is 3. The Bertz CT molecular complexity index is 348. The summed E-state index contributed by atoms with van der Waals surface area (Å²) in [6.45, 7) is 3.29. The summed E-state index contributed by atoms with van der Waals surface area (Å²) in [4.78, 5) is 0.887. The van der Waals surface area contributed by atoms with Crippen LogP contribution in [0.15, 0.2) is 6.07 Å². The van der Waals surface area contributed by atoms with Gasteiger partial charge in [-0.25, -0.2) is 8.78 Å². The van der Waals surface area contributed by atoms with Gasteiger partial charge in [-0.05, 0) is 25.5 Å². The fourth-order valence-corrected chi connectivity index (χ4v) is 2.66. The second-order valence-electron chi connectivity index (χ2n) is 3.24. The Kier molecular flexibility index (Phi) is 3.66. The molecule has 1 rings (SSSR count). The van der Waals surface area contributed by atoms with Gasteiger partial charge in [0.1, 0.15) is 5.38 Å². The van der Waals surface area contributed by atoms with Crippen LogP contribution in [0.25, 0.3) is 0 Å². The molecule has 0 aromatic carbocycles. The smallest absolute Gasteiger partial charge is 0.204 e. The Morgan fingerprint density at radius 1 is 1.33 bits per heavy atom. The van der Waals surface area contributed by atoms with E-state index in [0.29, 0.717) is 5.56 Å². The normalized spacial score (nSPS) is 14.7. The van der Waals surface area contributed by atoms with Crippen molar-refractivity contribution < 1.29 is 17.6 Å². The zero-order valence-electron chi connectivity index (χ0n) is 8.03. The van der Waals surface area contributed by atoms with Crippen LogP contribution >= 0.6 is 22.9 Å². The first-order valence-electron chi connectivity index (χ1n) is 4.13. The summed E-state index contributed by atoms with van der Waals surface area (Å²) in [7, 11) is 0. The summed E-state index contributed by atoms with van der Waals surface area (Å²) in [5.41, 5.74) is 0.526. The highest BCUT2D eigenvalue weighted by Gasteiger charge is 2.49. The number of hydrogen-bond acceptors (Lipinski definition) is 1. The topological polar surface area (TPSA) is 0 Å². The van der Waals surface area contributed by atoms with Crippen LogP contribution in [0.2, 0.25) is 0 Å². The molecule has 0 nitrogen and oxygen atoms in total. The maximum absolute atomic E-state index is 12.9. The van der Waals surface area contributed by atoms with Crippen molar-refractivity contribution in [3.8, 4) is 0 Å². The second-order valence-corrected chi connectivity index (χ2v) is 4.97. The van der Waals surface area contributed by atoms with Crippen LogP contribution < -0.4 is 0 Å². The molecule has 0 bridgehead atoms. The molecular weight excluding hydrogens is 252 g/mol. The second kappa shape index (κ2) is 4.29. The van der Waals surface area contributed by atoms with Gasteiger partial charge < -0.3 is 0 Å². The van der Waals surface area contributed by atoms with Crippen molar-refractivity contribution in [1.82, 2.24) is 0 Å². The van der Waals surface area contributed by atoms with Gasteiger partial charge in [-0.3, -0.25) is 0 Å². The third kappa shape index (κ3) is 2.45. The van der Waals surface area contributed by atoms with Crippen molar-refractivity contribution in [3.05, 3.63) is 21.4 Å². The van der Waals surface area contributed by atoms with Crippen molar-refractivity contribution in [2.75, 3.05) is 0 Å². The van der Waals surface area contributed by atoms with Gasteiger partial charge in [0.2, 0.25) is 0 Å². The van der Waals surface area contributed by atoms with E-state index in [-0.39, 0.29) is 4.88 Å². The highest BCUT2D eigenvalue weighted by molar-refractivity contribution is 7.12. The number of hydrogen-bond donors (Lipinski definition) is 0. The van der Waals surface area contributed by atoms with Crippen LogP contribution in [0.5, 0.6) is 0 Å². The standard InChI is InChI=1S/C9H9ClF4S/c1-4-3-5(2)15-6(4)7(10)9(13,14)8(11)12/h3,7-8H,1-2H3. The molecule has 0 aliphatic heterocycles. The van der Waals surface area contributed by atoms with Crippen molar-refractivity contribution in [3.63, 3.8) is 0 Å². The molecule has 1 heterocycles. The highest BCUT2D eigenvalue weighted by Crippen LogP contribution is 2.44. The van der Waals surface area contributed by atoms with E-state index in [1.54, 1.807) is 19.9 Å². The Morgan fingerprint density at radius 3 is 2.20 bits per heavy atom.